The third-order valence-corrected chi connectivity index (χ3v) is 3.74. The third-order valence-electron chi connectivity index (χ3n) is 3.31. The van der Waals surface area contributed by atoms with Crippen LogP contribution in [0, 0.1) is 6.92 Å². The smallest absolute Gasteiger partial charge is 0.223 e. The fourth-order valence-corrected chi connectivity index (χ4v) is 2.20. The zero-order valence-electron chi connectivity index (χ0n) is 12.7. The molecule has 2 rings (SSSR count). The fraction of sp³-hybridized carbons (Fsp3) is 0.353. The minimum atomic E-state index is 0.196. The van der Waals surface area contributed by atoms with Crippen molar-refractivity contribution in [2.75, 3.05) is 6.54 Å². The molecule has 1 atom stereocenters. The van der Waals surface area contributed by atoms with E-state index in [4.69, 9.17) is 16.3 Å². The van der Waals surface area contributed by atoms with Crippen LogP contribution in [0.15, 0.2) is 36.5 Å². The summed E-state index contributed by atoms with van der Waals surface area (Å²) in [4.78, 5) is 4.36. The molecule has 1 aromatic heterocycles. The molecule has 0 spiro atoms. The number of hydrogen-bond donors (Lipinski definition) is 1. The zero-order valence-corrected chi connectivity index (χ0v) is 13.4. The SMILES string of the molecule is CCCNC(C)c1cccnc1Oc1ccc(Cl)c(C)c1. The summed E-state index contributed by atoms with van der Waals surface area (Å²) in [6.07, 6.45) is 2.84. The van der Waals surface area contributed by atoms with Crippen LogP contribution < -0.4 is 10.1 Å². The van der Waals surface area contributed by atoms with Crippen LogP contribution in [0.2, 0.25) is 5.02 Å². The highest BCUT2D eigenvalue weighted by Gasteiger charge is 2.13. The number of aromatic nitrogens is 1. The van der Waals surface area contributed by atoms with E-state index in [1.807, 2.05) is 37.3 Å². The standard InChI is InChI=1S/C17H21ClN2O/c1-4-9-19-13(3)15-6-5-10-20-17(15)21-14-7-8-16(18)12(2)11-14/h5-8,10-11,13,19H,4,9H2,1-3H3. The molecule has 1 N–H and O–H groups in total. The monoisotopic (exact) mass is 304 g/mol. The number of pyridine rings is 1. The van der Waals surface area contributed by atoms with Gasteiger partial charge in [0.15, 0.2) is 0 Å². The predicted molar refractivity (Wildman–Crippen MR) is 87.2 cm³/mol. The first-order valence-corrected chi connectivity index (χ1v) is 7.62. The van der Waals surface area contributed by atoms with Crippen LogP contribution in [-0.2, 0) is 0 Å². The molecule has 0 bridgehead atoms. The Morgan fingerprint density at radius 3 is 2.86 bits per heavy atom. The maximum Gasteiger partial charge on any atom is 0.223 e. The van der Waals surface area contributed by atoms with Crippen LogP contribution in [0.1, 0.15) is 37.4 Å². The van der Waals surface area contributed by atoms with Crippen molar-refractivity contribution in [1.82, 2.24) is 10.3 Å². The molecule has 0 saturated carbocycles. The van der Waals surface area contributed by atoms with Gasteiger partial charge in [-0.15, -0.1) is 0 Å². The van der Waals surface area contributed by atoms with Gasteiger partial charge in [0, 0.05) is 22.8 Å². The molecule has 112 valence electrons. The van der Waals surface area contributed by atoms with Gasteiger partial charge in [-0.3, -0.25) is 0 Å². The van der Waals surface area contributed by atoms with Crippen LogP contribution in [0.25, 0.3) is 0 Å². The summed E-state index contributed by atoms with van der Waals surface area (Å²) in [6, 6.07) is 9.79. The van der Waals surface area contributed by atoms with Crippen molar-refractivity contribution >= 4 is 11.6 Å². The quantitative estimate of drug-likeness (QED) is 0.824. The maximum absolute atomic E-state index is 6.04. The zero-order chi connectivity index (χ0) is 15.2. The first-order chi connectivity index (χ1) is 10.1. The number of ether oxygens (including phenoxy) is 1. The molecule has 3 nitrogen and oxygen atoms in total. The number of benzene rings is 1. The fourth-order valence-electron chi connectivity index (χ4n) is 2.08. The van der Waals surface area contributed by atoms with E-state index in [2.05, 4.69) is 24.1 Å². The Kier molecular flexibility index (Phi) is 5.59. The second-order valence-electron chi connectivity index (χ2n) is 5.09. The van der Waals surface area contributed by atoms with Crippen molar-refractivity contribution in [2.24, 2.45) is 0 Å². The molecular weight excluding hydrogens is 284 g/mol. The Morgan fingerprint density at radius 1 is 1.33 bits per heavy atom. The minimum Gasteiger partial charge on any atom is -0.439 e. The second-order valence-corrected chi connectivity index (χ2v) is 5.49. The van der Waals surface area contributed by atoms with Gasteiger partial charge in [-0.2, -0.15) is 0 Å². The second kappa shape index (κ2) is 7.43. The van der Waals surface area contributed by atoms with E-state index in [0.29, 0.717) is 5.88 Å². The predicted octanol–water partition coefficient (Wildman–Crippen LogP) is 4.90. The number of rotatable bonds is 6. The Bertz CT molecular complexity index is 601. The minimum absolute atomic E-state index is 0.196. The molecule has 0 saturated heterocycles. The molecule has 2 aromatic rings. The van der Waals surface area contributed by atoms with Crippen molar-refractivity contribution in [3.05, 3.63) is 52.7 Å². The molecular formula is C17H21ClN2O. The van der Waals surface area contributed by atoms with Gasteiger partial charge in [0.2, 0.25) is 5.88 Å². The number of hydrogen-bond acceptors (Lipinski definition) is 3. The maximum atomic E-state index is 6.04. The molecule has 1 aromatic carbocycles. The highest BCUT2D eigenvalue weighted by molar-refractivity contribution is 6.31. The van der Waals surface area contributed by atoms with E-state index >= 15 is 0 Å². The molecule has 0 aliphatic rings. The van der Waals surface area contributed by atoms with E-state index in [1.54, 1.807) is 6.20 Å². The Balaban J connectivity index is 2.21. The Hall–Kier alpha value is -1.58. The summed E-state index contributed by atoms with van der Waals surface area (Å²) < 4.78 is 5.94. The summed E-state index contributed by atoms with van der Waals surface area (Å²) >= 11 is 6.04. The molecule has 1 unspecified atom stereocenters. The van der Waals surface area contributed by atoms with Gasteiger partial charge in [0.25, 0.3) is 0 Å². The number of halogens is 1. The van der Waals surface area contributed by atoms with Crippen molar-refractivity contribution < 1.29 is 4.74 Å². The van der Waals surface area contributed by atoms with Gasteiger partial charge in [0.05, 0.1) is 0 Å². The Labute approximate surface area is 131 Å². The van der Waals surface area contributed by atoms with Crippen molar-refractivity contribution in [3.8, 4) is 11.6 Å². The molecule has 1 heterocycles. The molecule has 0 amide bonds. The Morgan fingerprint density at radius 2 is 2.14 bits per heavy atom. The number of aryl methyl sites for hydroxylation is 1. The molecule has 0 radical (unpaired) electrons. The average Bonchev–Trinajstić information content (AvgIpc) is 2.49. The molecule has 0 aliphatic heterocycles. The van der Waals surface area contributed by atoms with Gasteiger partial charge in [-0.05, 0) is 56.6 Å². The van der Waals surface area contributed by atoms with Crippen LogP contribution in [0.4, 0.5) is 0 Å². The molecule has 4 heteroatoms. The summed E-state index contributed by atoms with van der Waals surface area (Å²) in [6.45, 7) is 7.19. The van der Waals surface area contributed by atoms with Crippen LogP contribution in [0.3, 0.4) is 0 Å². The summed E-state index contributed by atoms with van der Waals surface area (Å²) in [5.74, 6) is 1.38. The highest BCUT2D eigenvalue weighted by Crippen LogP contribution is 2.29. The lowest BCUT2D eigenvalue weighted by Crippen LogP contribution is -2.20. The van der Waals surface area contributed by atoms with Crippen molar-refractivity contribution in [3.63, 3.8) is 0 Å². The number of nitrogens with one attached hydrogen (secondary N) is 1. The van der Waals surface area contributed by atoms with Crippen LogP contribution >= 0.6 is 11.6 Å². The molecule has 0 aliphatic carbocycles. The molecule has 21 heavy (non-hydrogen) atoms. The van der Waals surface area contributed by atoms with Gasteiger partial charge in [-0.1, -0.05) is 24.6 Å². The van der Waals surface area contributed by atoms with E-state index < -0.39 is 0 Å². The average molecular weight is 305 g/mol. The number of nitrogens with zero attached hydrogens (tertiary/aromatic N) is 1. The summed E-state index contributed by atoms with van der Waals surface area (Å²) in [7, 11) is 0. The highest BCUT2D eigenvalue weighted by atomic mass is 35.5. The van der Waals surface area contributed by atoms with Gasteiger partial charge < -0.3 is 10.1 Å². The first-order valence-electron chi connectivity index (χ1n) is 7.24. The lowest BCUT2D eigenvalue weighted by Gasteiger charge is -2.17. The topological polar surface area (TPSA) is 34.2 Å². The lowest BCUT2D eigenvalue weighted by molar-refractivity contribution is 0.442. The summed E-state index contributed by atoms with van der Waals surface area (Å²) in [5, 5.41) is 4.19. The molecule has 0 fully saturated rings. The van der Waals surface area contributed by atoms with Crippen LogP contribution in [-0.4, -0.2) is 11.5 Å². The van der Waals surface area contributed by atoms with Crippen LogP contribution in [0.5, 0.6) is 11.6 Å². The van der Waals surface area contributed by atoms with Crippen molar-refractivity contribution in [1.29, 1.82) is 0 Å². The van der Waals surface area contributed by atoms with Gasteiger partial charge in [-0.25, -0.2) is 4.98 Å². The van der Waals surface area contributed by atoms with E-state index in [9.17, 15) is 0 Å². The normalized spacial score (nSPS) is 12.2. The first kappa shape index (κ1) is 15.8. The largest absolute Gasteiger partial charge is 0.439 e. The lowest BCUT2D eigenvalue weighted by atomic mass is 10.1. The van der Waals surface area contributed by atoms with Gasteiger partial charge >= 0.3 is 0 Å². The summed E-state index contributed by atoms with van der Waals surface area (Å²) in [5.41, 5.74) is 2.04. The van der Waals surface area contributed by atoms with Gasteiger partial charge in [0.1, 0.15) is 5.75 Å². The third kappa shape index (κ3) is 4.19. The van der Waals surface area contributed by atoms with Crippen molar-refractivity contribution in [2.45, 2.75) is 33.2 Å². The van der Waals surface area contributed by atoms with E-state index in [-0.39, 0.29) is 6.04 Å². The van der Waals surface area contributed by atoms with E-state index in [1.165, 1.54) is 0 Å². The van der Waals surface area contributed by atoms with E-state index in [0.717, 1.165) is 34.9 Å².